The van der Waals surface area contributed by atoms with Gasteiger partial charge in [0.05, 0.1) is 35.8 Å². The van der Waals surface area contributed by atoms with Crippen LogP contribution in [-0.2, 0) is 19.1 Å². The highest BCUT2D eigenvalue weighted by Crippen LogP contribution is 2.68. The van der Waals surface area contributed by atoms with Crippen LogP contribution in [0.25, 0.3) is 0 Å². The molecule has 1 spiro atoms. The number of nitrogens with zero attached hydrogens (tertiary/aromatic N) is 1. The standard InChI is InChI=1S/C26H26BrClN2O5S/c1-2-35-25(34)19-20-24(33)30(18(13-31)14-6-4-3-5-7-14)22(26(20)12-17(27)21(19)36-26)23(32)29-16-10-8-15(28)9-11-16/h3-11,17-22,31H,2,12-13H2,1H3,(H,29,32)/t17?,18-,19+,20+,21+,22?,26?/m1/s1. The first-order chi connectivity index (χ1) is 17.3. The molecular weight excluding hydrogens is 568 g/mol. The van der Waals surface area contributed by atoms with Crippen molar-refractivity contribution in [2.24, 2.45) is 11.8 Å². The van der Waals surface area contributed by atoms with Crippen LogP contribution in [0, 0.1) is 11.8 Å². The van der Waals surface area contributed by atoms with E-state index in [0.29, 0.717) is 17.1 Å². The second-order valence-corrected chi connectivity index (χ2v) is 12.4. The molecule has 0 radical (unpaired) electrons. The number of likely N-dealkylation sites (tertiary alicyclic amines) is 1. The number of esters is 1. The Kier molecular flexibility index (Phi) is 7.11. The van der Waals surface area contributed by atoms with E-state index < -0.39 is 34.6 Å². The molecular formula is C26H26BrClN2O5S. The van der Waals surface area contributed by atoms with Gasteiger partial charge < -0.3 is 20.1 Å². The van der Waals surface area contributed by atoms with Crippen molar-refractivity contribution < 1.29 is 24.2 Å². The topological polar surface area (TPSA) is 95.9 Å². The van der Waals surface area contributed by atoms with Crippen molar-refractivity contribution >= 4 is 62.8 Å². The van der Waals surface area contributed by atoms with E-state index in [9.17, 15) is 19.5 Å². The lowest BCUT2D eigenvalue weighted by Gasteiger charge is -2.37. The molecule has 5 rings (SSSR count). The number of amides is 2. The molecule has 3 aliphatic heterocycles. The summed E-state index contributed by atoms with van der Waals surface area (Å²) in [6, 6.07) is 14.3. The second-order valence-electron chi connectivity index (χ2n) is 9.27. The number of benzene rings is 2. The van der Waals surface area contributed by atoms with Crippen LogP contribution in [0.5, 0.6) is 0 Å². The number of carbonyl (C=O) groups is 3. The third-order valence-corrected chi connectivity index (χ3v) is 10.8. The molecule has 2 bridgehead atoms. The highest BCUT2D eigenvalue weighted by atomic mass is 79.9. The average Bonchev–Trinajstić information content (AvgIpc) is 3.46. The zero-order valence-electron chi connectivity index (χ0n) is 19.5. The van der Waals surface area contributed by atoms with Gasteiger partial charge in [0.1, 0.15) is 6.04 Å². The van der Waals surface area contributed by atoms with Crippen LogP contribution in [-0.4, -0.2) is 61.9 Å². The SMILES string of the molecule is CCOC(=O)[C@H]1[C@H]2C(=O)N([C@H](CO)c3ccccc3)C(C(=O)Nc3ccc(Cl)cc3)C23CC(Br)[C@@H]1S3. The number of fused-ring (bicyclic) bond motifs is 1. The van der Waals surface area contributed by atoms with E-state index >= 15 is 0 Å². The molecule has 3 aliphatic rings. The number of hydrogen-bond acceptors (Lipinski definition) is 6. The molecule has 2 amide bonds. The van der Waals surface area contributed by atoms with Crippen molar-refractivity contribution in [1.29, 1.82) is 0 Å². The van der Waals surface area contributed by atoms with E-state index in [4.69, 9.17) is 16.3 Å². The zero-order valence-corrected chi connectivity index (χ0v) is 22.6. The predicted molar refractivity (Wildman–Crippen MR) is 142 cm³/mol. The number of thioether (sulfide) groups is 1. The maximum Gasteiger partial charge on any atom is 0.310 e. The van der Waals surface area contributed by atoms with Crippen molar-refractivity contribution in [3.05, 3.63) is 65.2 Å². The number of carbonyl (C=O) groups excluding carboxylic acids is 3. The molecule has 3 heterocycles. The molecule has 0 aromatic heterocycles. The van der Waals surface area contributed by atoms with E-state index in [1.807, 2.05) is 30.3 Å². The summed E-state index contributed by atoms with van der Waals surface area (Å²) in [5.41, 5.74) is 1.27. The van der Waals surface area contributed by atoms with Gasteiger partial charge in [-0.25, -0.2) is 0 Å². The monoisotopic (exact) mass is 592 g/mol. The minimum absolute atomic E-state index is 0.0592. The zero-order chi connectivity index (χ0) is 25.6. The van der Waals surface area contributed by atoms with Gasteiger partial charge in [-0.1, -0.05) is 57.9 Å². The van der Waals surface area contributed by atoms with Crippen LogP contribution >= 0.6 is 39.3 Å². The Morgan fingerprint density at radius 2 is 1.94 bits per heavy atom. The number of alkyl halides is 1. The second kappa shape index (κ2) is 10.0. The molecule has 7 nitrogen and oxygen atoms in total. The quantitative estimate of drug-likeness (QED) is 0.372. The van der Waals surface area contributed by atoms with E-state index in [0.717, 1.165) is 5.56 Å². The number of nitrogens with one attached hydrogen (secondary N) is 1. The van der Waals surface area contributed by atoms with Crippen LogP contribution in [0.4, 0.5) is 5.69 Å². The van der Waals surface area contributed by atoms with Gasteiger partial charge in [-0.05, 0) is 43.2 Å². The van der Waals surface area contributed by atoms with Gasteiger partial charge in [0.25, 0.3) is 0 Å². The Morgan fingerprint density at radius 1 is 1.25 bits per heavy atom. The predicted octanol–water partition coefficient (Wildman–Crippen LogP) is 4.04. The fourth-order valence-electron chi connectivity index (χ4n) is 5.98. The van der Waals surface area contributed by atoms with Crippen molar-refractivity contribution in [2.75, 3.05) is 18.5 Å². The lowest BCUT2D eigenvalue weighted by Crippen LogP contribution is -2.53. The van der Waals surface area contributed by atoms with Crippen molar-refractivity contribution in [3.63, 3.8) is 0 Å². The van der Waals surface area contributed by atoms with E-state index in [1.165, 1.54) is 16.7 Å². The average molecular weight is 594 g/mol. The van der Waals surface area contributed by atoms with Crippen LogP contribution in [0.2, 0.25) is 5.02 Å². The van der Waals surface area contributed by atoms with Crippen molar-refractivity contribution in [2.45, 2.75) is 40.3 Å². The maximum absolute atomic E-state index is 14.2. The molecule has 10 heteroatoms. The van der Waals surface area contributed by atoms with Gasteiger partial charge in [0.2, 0.25) is 11.8 Å². The van der Waals surface area contributed by atoms with Crippen molar-refractivity contribution in [1.82, 2.24) is 4.90 Å². The number of hydrogen-bond donors (Lipinski definition) is 2. The first kappa shape index (κ1) is 25.6. The van der Waals surface area contributed by atoms with Gasteiger partial charge in [0.15, 0.2) is 0 Å². The Balaban J connectivity index is 1.60. The third kappa shape index (κ3) is 4.04. The van der Waals surface area contributed by atoms with Crippen LogP contribution < -0.4 is 5.32 Å². The minimum Gasteiger partial charge on any atom is -0.466 e. The Morgan fingerprint density at radius 3 is 2.58 bits per heavy atom. The largest absolute Gasteiger partial charge is 0.466 e. The number of anilines is 1. The number of rotatable bonds is 7. The van der Waals surface area contributed by atoms with Crippen LogP contribution in [0.1, 0.15) is 24.9 Å². The number of halogens is 2. The summed E-state index contributed by atoms with van der Waals surface area (Å²) >= 11 is 11.3. The third-order valence-electron chi connectivity index (χ3n) is 7.34. The van der Waals surface area contributed by atoms with Gasteiger partial charge in [0, 0.05) is 20.8 Å². The Bertz CT molecular complexity index is 1170. The summed E-state index contributed by atoms with van der Waals surface area (Å²) in [6.45, 7) is 1.59. The van der Waals surface area contributed by atoms with Crippen LogP contribution in [0.3, 0.4) is 0 Å². The number of aliphatic hydroxyl groups excluding tert-OH is 1. The van der Waals surface area contributed by atoms with Gasteiger partial charge in [-0.3, -0.25) is 14.4 Å². The van der Waals surface area contributed by atoms with E-state index in [1.54, 1.807) is 31.2 Å². The molecule has 3 fully saturated rings. The molecule has 0 aliphatic carbocycles. The van der Waals surface area contributed by atoms with Gasteiger partial charge in [-0.15, -0.1) is 11.8 Å². The first-order valence-electron chi connectivity index (χ1n) is 11.8. The molecule has 2 aromatic rings. The Labute approximate surface area is 227 Å². The Hall–Kier alpha value is -2.07. The summed E-state index contributed by atoms with van der Waals surface area (Å²) in [4.78, 5) is 42.7. The normalized spacial score (nSPS) is 31.3. The molecule has 2 N–H and O–H groups in total. The fraction of sp³-hybridized carbons (Fsp3) is 0.423. The molecule has 190 valence electrons. The molecule has 3 saturated heterocycles. The molecule has 7 atom stereocenters. The first-order valence-corrected chi connectivity index (χ1v) is 14.0. The highest BCUT2D eigenvalue weighted by molar-refractivity contribution is 9.09. The summed E-state index contributed by atoms with van der Waals surface area (Å²) in [5, 5.41) is 13.8. The summed E-state index contributed by atoms with van der Waals surface area (Å²) in [6.07, 6.45) is 0.538. The summed E-state index contributed by atoms with van der Waals surface area (Å²) in [7, 11) is 0. The number of aliphatic hydroxyl groups is 1. The maximum atomic E-state index is 14.2. The van der Waals surface area contributed by atoms with Crippen molar-refractivity contribution in [3.8, 4) is 0 Å². The molecule has 3 unspecified atom stereocenters. The fourth-order valence-corrected chi connectivity index (χ4v) is 9.70. The van der Waals surface area contributed by atoms with Crippen LogP contribution in [0.15, 0.2) is 54.6 Å². The lowest BCUT2D eigenvalue weighted by atomic mass is 9.71. The van der Waals surface area contributed by atoms with E-state index in [2.05, 4.69) is 21.2 Å². The minimum atomic E-state index is -0.905. The number of ether oxygens (including phenoxy) is 1. The summed E-state index contributed by atoms with van der Waals surface area (Å²) < 4.78 is 4.54. The summed E-state index contributed by atoms with van der Waals surface area (Å²) in [5.74, 6) is -2.48. The lowest BCUT2D eigenvalue weighted by molar-refractivity contribution is -0.154. The molecule has 2 aromatic carbocycles. The molecule has 36 heavy (non-hydrogen) atoms. The molecule has 0 saturated carbocycles. The smallest absolute Gasteiger partial charge is 0.310 e. The van der Waals surface area contributed by atoms with Gasteiger partial charge >= 0.3 is 5.97 Å². The van der Waals surface area contributed by atoms with E-state index in [-0.39, 0.29) is 35.1 Å². The highest BCUT2D eigenvalue weighted by Gasteiger charge is 2.76. The van der Waals surface area contributed by atoms with Gasteiger partial charge in [-0.2, -0.15) is 0 Å².